The fraction of sp³-hybridized carbons (Fsp3) is 0.292. The highest BCUT2D eigenvalue weighted by Crippen LogP contribution is 2.34. The van der Waals surface area contributed by atoms with Crippen molar-refractivity contribution in [2.24, 2.45) is 4.99 Å². The van der Waals surface area contributed by atoms with Crippen LogP contribution in [0.15, 0.2) is 58.3 Å². The number of methoxy groups -OCH3 is 2. The van der Waals surface area contributed by atoms with E-state index in [0.717, 1.165) is 11.3 Å². The van der Waals surface area contributed by atoms with Crippen LogP contribution in [0.25, 0.3) is 0 Å². The van der Waals surface area contributed by atoms with Crippen LogP contribution in [0.4, 0.5) is 11.6 Å². The first-order valence-corrected chi connectivity index (χ1v) is 10.4. The van der Waals surface area contributed by atoms with Crippen LogP contribution in [0.1, 0.15) is 42.8 Å². The molecule has 1 aliphatic heterocycles. The van der Waals surface area contributed by atoms with Gasteiger partial charge in [-0.2, -0.15) is 0 Å². The summed E-state index contributed by atoms with van der Waals surface area (Å²) in [5.41, 5.74) is 3.27. The first-order chi connectivity index (χ1) is 15.4. The molecule has 3 aromatic rings. The van der Waals surface area contributed by atoms with Gasteiger partial charge in [0.25, 0.3) is 5.56 Å². The average molecular weight is 434 g/mol. The minimum absolute atomic E-state index is 0.202. The zero-order valence-electron chi connectivity index (χ0n) is 18.8. The Morgan fingerprint density at radius 1 is 1.06 bits per heavy atom. The van der Waals surface area contributed by atoms with Gasteiger partial charge in [-0.15, -0.1) is 0 Å². The van der Waals surface area contributed by atoms with Crippen molar-refractivity contribution >= 4 is 17.6 Å². The molecule has 8 heteroatoms. The van der Waals surface area contributed by atoms with Crippen molar-refractivity contribution in [3.05, 3.63) is 75.7 Å². The Morgan fingerprint density at radius 2 is 1.81 bits per heavy atom. The second kappa shape index (κ2) is 8.74. The van der Waals surface area contributed by atoms with Crippen molar-refractivity contribution < 1.29 is 9.47 Å². The topological polar surface area (TPSA) is 89.8 Å². The van der Waals surface area contributed by atoms with Crippen LogP contribution in [0.5, 0.6) is 11.5 Å². The van der Waals surface area contributed by atoms with Gasteiger partial charge < -0.3 is 14.8 Å². The summed E-state index contributed by atoms with van der Waals surface area (Å²) in [4.78, 5) is 22.2. The van der Waals surface area contributed by atoms with E-state index in [1.807, 2.05) is 24.3 Å². The lowest BCUT2D eigenvalue weighted by Gasteiger charge is -2.28. The Kier molecular flexibility index (Phi) is 5.85. The van der Waals surface area contributed by atoms with Crippen LogP contribution in [0.2, 0.25) is 0 Å². The number of guanidine groups is 1. The summed E-state index contributed by atoms with van der Waals surface area (Å²) in [5, 5.41) is 6.45. The van der Waals surface area contributed by atoms with Gasteiger partial charge in [0.05, 0.1) is 14.2 Å². The molecule has 0 bridgehead atoms. The van der Waals surface area contributed by atoms with Crippen LogP contribution in [0, 0.1) is 6.92 Å². The summed E-state index contributed by atoms with van der Waals surface area (Å²) in [7, 11) is 3.17. The molecule has 166 valence electrons. The molecular weight excluding hydrogens is 406 g/mol. The number of fused-ring (bicyclic) bond motifs is 1. The van der Waals surface area contributed by atoms with Crippen LogP contribution >= 0.6 is 0 Å². The Labute approximate surface area is 186 Å². The largest absolute Gasteiger partial charge is 0.497 e. The number of aryl methyl sites for hydroxylation is 1. The van der Waals surface area contributed by atoms with Crippen molar-refractivity contribution in [3.63, 3.8) is 0 Å². The number of nitrogens with zero attached hydrogens (tertiary/aromatic N) is 3. The first kappa shape index (κ1) is 21.4. The van der Waals surface area contributed by atoms with Crippen LogP contribution in [-0.4, -0.2) is 29.7 Å². The van der Waals surface area contributed by atoms with Crippen molar-refractivity contribution in [3.8, 4) is 11.5 Å². The molecule has 2 N–H and O–H groups in total. The highest BCUT2D eigenvalue weighted by molar-refractivity contribution is 6.03. The fourth-order valence-corrected chi connectivity index (χ4v) is 3.64. The summed E-state index contributed by atoms with van der Waals surface area (Å²) < 4.78 is 12.4. The van der Waals surface area contributed by atoms with Crippen molar-refractivity contribution in [1.29, 1.82) is 0 Å². The Bertz CT molecular complexity index is 1220. The highest BCUT2D eigenvalue weighted by Gasteiger charge is 2.27. The SMILES string of the molecule is COc1ccc([C@@H]2N=C(Nc3ccc(C(C)C)cc3)Nc3nc(C)cc(=O)n32)c(OC)c1. The maximum absolute atomic E-state index is 12.9. The summed E-state index contributed by atoms with van der Waals surface area (Å²) in [5.74, 6) is 2.57. The number of hydrogen-bond donors (Lipinski definition) is 2. The number of aromatic nitrogens is 2. The molecule has 0 saturated carbocycles. The average Bonchev–Trinajstić information content (AvgIpc) is 2.78. The van der Waals surface area contributed by atoms with Gasteiger partial charge in [0.1, 0.15) is 11.5 Å². The monoisotopic (exact) mass is 433 g/mol. The third-order valence-electron chi connectivity index (χ3n) is 5.37. The molecule has 4 rings (SSSR count). The number of ether oxygens (including phenoxy) is 2. The minimum Gasteiger partial charge on any atom is -0.497 e. The number of rotatable bonds is 5. The Hall–Kier alpha value is -3.81. The number of nitrogens with one attached hydrogen (secondary N) is 2. The van der Waals surface area contributed by atoms with Gasteiger partial charge in [-0.05, 0) is 42.7 Å². The normalized spacial score (nSPS) is 14.9. The van der Waals surface area contributed by atoms with Gasteiger partial charge in [0.2, 0.25) is 11.9 Å². The summed E-state index contributed by atoms with van der Waals surface area (Å²) >= 11 is 0. The molecule has 0 saturated heterocycles. The van der Waals surface area contributed by atoms with Crippen molar-refractivity contribution in [2.45, 2.75) is 32.9 Å². The van der Waals surface area contributed by atoms with Crippen LogP contribution < -0.4 is 25.7 Å². The van der Waals surface area contributed by atoms with Gasteiger partial charge >= 0.3 is 0 Å². The third-order valence-corrected chi connectivity index (χ3v) is 5.37. The van der Waals surface area contributed by atoms with E-state index in [2.05, 4.69) is 41.6 Å². The Balaban J connectivity index is 1.78. The van der Waals surface area contributed by atoms with Crippen LogP contribution in [-0.2, 0) is 0 Å². The molecule has 8 nitrogen and oxygen atoms in total. The molecule has 32 heavy (non-hydrogen) atoms. The molecule has 0 unspecified atom stereocenters. The quantitative estimate of drug-likeness (QED) is 0.629. The number of aliphatic imine (C=N–C) groups is 1. The molecule has 0 fully saturated rings. The lowest BCUT2D eigenvalue weighted by Crippen LogP contribution is -2.37. The molecule has 1 atom stereocenters. The van der Waals surface area contributed by atoms with E-state index < -0.39 is 6.17 Å². The van der Waals surface area contributed by atoms with Crippen molar-refractivity contribution in [1.82, 2.24) is 9.55 Å². The van der Waals surface area contributed by atoms with E-state index in [4.69, 9.17) is 14.5 Å². The van der Waals surface area contributed by atoms with E-state index in [1.165, 1.54) is 16.2 Å². The number of anilines is 2. The zero-order valence-corrected chi connectivity index (χ0v) is 18.8. The number of benzene rings is 2. The lowest BCUT2D eigenvalue weighted by molar-refractivity contribution is 0.385. The zero-order chi connectivity index (χ0) is 22.8. The predicted octanol–water partition coefficient (Wildman–Crippen LogP) is 4.13. The summed E-state index contributed by atoms with van der Waals surface area (Å²) in [6.07, 6.45) is -0.662. The maximum atomic E-state index is 12.9. The molecular formula is C24H27N5O3. The molecule has 2 heterocycles. The van der Waals surface area contributed by atoms with Gasteiger partial charge in [0, 0.05) is 29.1 Å². The van der Waals surface area contributed by atoms with Gasteiger partial charge in [-0.25, -0.2) is 9.98 Å². The standard InChI is InChI=1S/C24H27N5O3/c1-14(2)16-6-8-17(9-7-16)26-23-27-22(19-11-10-18(31-4)13-20(19)32-5)29-21(30)12-15(3)25-24(29)28-23/h6-14,22H,1-5H3,(H2,25,26,27,28)/t22-/m1/s1. The van der Waals surface area contributed by atoms with Gasteiger partial charge in [-0.3, -0.25) is 14.7 Å². The van der Waals surface area contributed by atoms with Gasteiger partial charge in [0.15, 0.2) is 6.17 Å². The van der Waals surface area contributed by atoms with E-state index >= 15 is 0 Å². The summed E-state index contributed by atoms with van der Waals surface area (Å²) in [6.45, 7) is 6.10. The second-order valence-corrected chi connectivity index (χ2v) is 7.92. The highest BCUT2D eigenvalue weighted by atomic mass is 16.5. The fourth-order valence-electron chi connectivity index (χ4n) is 3.64. The first-order valence-electron chi connectivity index (χ1n) is 10.4. The van der Waals surface area contributed by atoms with Crippen LogP contribution in [0.3, 0.4) is 0 Å². The molecule has 0 amide bonds. The summed E-state index contributed by atoms with van der Waals surface area (Å²) in [6, 6.07) is 15.1. The Morgan fingerprint density at radius 3 is 2.47 bits per heavy atom. The number of hydrogen-bond acceptors (Lipinski definition) is 7. The molecule has 1 aliphatic rings. The minimum atomic E-state index is -0.662. The third kappa shape index (κ3) is 4.16. The van der Waals surface area contributed by atoms with Crippen molar-refractivity contribution in [2.75, 3.05) is 24.9 Å². The second-order valence-electron chi connectivity index (χ2n) is 7.92. The molecule has 0 spiro atoms. The lowest BCUT2D eigenvalue weighted by atomic mass is 10.0. The maximum Gasteiger partial charge on any atom is 0.257 e. The van der Waals surface area contributed by atoms with E-state index in [0.29, 0.717) is 35.0 Å². The molecule has 0 aliphatic carbocycles. The van der Waals surface area contributed by atoms with Gasteiger partial charge in [-0.1, -0.05) is 26.0 Å². The smallest absolute Gasteiger partial charge is 0.257 e. The van der Waals surface area contributed by atoms with E-state index in [9.17, 15) is 4.79 Å². The van der Waals surface area contributed by atoms with E-state index in [1.54, 1.807) is 27.2 Å². The van der Waals surface area contributed by atoms with E-state index in [-0.39, 0.29) is 5.56 Å². The predicted molar refractivity (Wildman–Crippen MR) is 126 cm³/mol. The molecule has 2 aromatic carbocycles. The molecule has 0 radical (unpaired) electrons. The molecule has 1 aromatic heterocycles.